The fraction of sp³-hybridized carbons (Fsp3) is 0.150. The van der Waals surface area contributed by atoms with E-state index in [4.69, 9.17) is 4.98 Å². The molecule has 0 bridgehead atoms. The highest BCUT2D eigenvalue weighted by molar-refractivity contribution is 14.2. The highest BCUT2D eigenvalue weighted by atomic mass is 127. The minimum atomic E-state index is -0.0220. The van der Waals surface area contributed by atoms with Crippen LogP contribution in [0.15, 0.2) is 36.7 Å². The minimum absolute atomic E-state index is 0.0220. The van der Waals surface area contributed by atoms with Crippen molar-refractivity contribution in [2.24, 2.45) is 0 Å². The topological polar surface area (TPSA) is 71.8 Å². The molecule has 6 nitrogen and oxygen atoms in total. The molecule has 4 heterocycles. The average molecular weight is 531 g/mol. The third-order valence-electron chi connectivity index (χ3n) is 4.77. The predicted molar refractivity (Wildman–Crippen MR) is 128 cm³/mol. The maximum Gasteiger partial charge on any atom is 0.263 e. The van der Waals surface area contributed by atoms with Gasteiger partial charge in [-0.2, -0.15) is 0 Å². The Kier molecular flexibility index (Phi) is 4.85. The van der Waals surface area contributed by atoms with Crippen LogP contribution < -0.4 is 10.6 Å². The number of imidazole rings is 1. The second kappa shape index (κ2) is 7.51. The molecule has 1 atom stereocenters. The van der Waals surface area contributed by atoms with Crippen LogP contribution in [0.4, 0.5) is 5.69 Å². The zero-order valence-electron chi connectivity index (χ0n) is 15.2. The molecule has 0 spiro atoms. The summed E-state index contributed by atoms with van der Waals surface area (Å²) >= 11 is 3.65. The number of anilines is 1. The first-order valence-electron chi connectivity index (χ1n) is 8.89. The van der Waals surface area contributed by atoms with E-state index in [1.165, 1.54) is 20.3 Å². The summed E-state index contributed by atoms with van der Waals surface area (Å²) in [5.74, 6) is 4.43. The Balaban J connectivity index is 1.68. The smallest absolute Gasteiger partial charge is 0.263 e. The van der Waals surface area contributed by atoms with E-state index in [1.54, 1.807) is 6.20 Å². The van der Waals surface area contributed by atoms with Gasteiger partial charge in [-0.15, -0.1) is 11.3 Å². The lowest BCUT2D eigenvalue weighted by molar-refractivity contribution is 0.0949. The van der Waals surface area contributed by atoms with Gasteiger partial charge in [0.2, 0.25) is 0 Å². The molecule has 4 aromatic rings. The van der Waals surface area contributed by atoms with Crippen LogP contribution >= 0.6 is 41.5 Å². The van der Waals surface area contributed by atoms with E-state index in [1.807, 2.05) is 35.9 Å². The number of hydrogen-bond acceptors (Lipinski definition) is 6. The molecular weight excluding hydrogens is 517 g/mol. The molecule has 29 heavy (non-hydrogen) atoms. The summed E-state index contributed by atoms with van der Waals surface area (Å²) in [6, 6.07) is 8.15. The Hall–Kier alpha value is -2.29. The van der Waals surface area contributed by atoms with Gasteiger partial charge in [-0.1, -0.05) is 0 Å². The molecule has 0 unspecified atom stereocenters. The Bertz CT molecular complexity index is 1330. The van der Waals surface area contributed by atoms with E-state index in [0.29, 0.717) is 12.4 Å². The van der Waals surface area contributed by atoms with Crippen molar-refractivity contribution < 1.29 is 4.79 Å². The Morgan fingerprint density at radius 1 is 1.34 bits per heavy atom. The maximum absolute atomic E-state index is 12.6. The maximum atomic E-state index is 12.6. The Morgan fingerprint density at radius 2 is 2.24 bits per heavy atom. The summed E-state index contributed by atoms with van der Waals surface area (Å²) in [6.07, 6.45) is 3.58. The standard InChI is InChI=1S/C20H14IN5OS2/c1-11-10-23-18-17-12-2-5-16(26-8-7-22-15(26)6-9-28-21)25-13(12)3-4-14(17)29-19(18)20(27)24-11/h2-5,7-8,11,23H,10H2,1H3,(H,24,27)/t11-/m1/s1. The lowest BCUT2D eigenvalue weighted by Crippen LogP contribution is -2.34. The Labute approximate surface area is 187 Å². The number of rotatable bonds is 1. The molecule has 1 aliphatic heterocycles. The number of nitrogens with one attached hydrogen (secondary N) is 2. The SMILES string of the molecule is C[C@@H]1CNc2c(sc3ccc4nc(-n5ccnc5C#CSI)ccc4c23)C(=O)N1. The first kappa shape index (κ1) is 18.7. The number of aromatic nitrogens is 3. The molecule has 0 saturated carbocycles. The summed E-state index contributed by atoms with van der Waals surface area (Å²) in [5, 5.41) is 11.5. The normalized spacial score (nSPS) is 15.9. The quantitative estimate of drug-likeness (QED) is 0.278. The van der Waals surface area contributed by atoms with Crippen molar-refractivity contribution in [1.29, 1.82) is 0 Å². The molecule has 0 aliphatic carbocycles. The molecule has 0 saturated heterocycles. The number of nitrogens with zero attached hydrogens (tertiary/aromatic N) is 3. The van der Waals surface area contributed by atoms with Gasteiger partial charge in [0.15, 0.2) is 5.82 Å². The monoisotopic (exact) mass is 531 g/mol. The van der Waals surface area contributed by atoms with Gasteiger partial charge in [0.25, 0.3) is 5.91 Å². The van der Waals surface area contributed by atoms with Crippen molar-refractivity contribution in [2.45, 2.75) is 13.0 Å². The van der Waals surface area contributed by atoms with Crippen LogP contribution in [0.5, 0.6) is 0 Å². The van der Waals surface area contributed by atoms with Gasteiger partial charge < -0.3 is 10.6 Å². The number of halogens is 1. The van der Waals surface area contributed by atoms with E-state index < -0.39 is 0 Å². The fourth-order valence-electron chi connectivity index (χ4n) is 3.49. The highest BCUT2D eigenvalue weighted by Crippen LogP contribution is 2.40. The average Bonchev–Trinajstić information content (AvgIpc) is 3.31. The van der Waals surface area contributed by atoms with Gasteiger partial charge in [-0.3, -0.25) is 9.36 Å². The summed E-state index contributed by atoms with van der Waals surface area (Å²) in [7, 11) is 1.42. The second-order valence-corrected chi connectivity index (χ2v) is 9.39. The van der Waals surface area contributed by atoms with Crippen LogP contribution in [0.2, 0.25) is 0 Å². The third kappa shape index (κ3) is 3.25. The summed E-state index contributed by atoms with van der Waals surface area (Å²) in [4.78, 5) is 22.5. The van der Waals surface area contributed by atoms with Crippen molar-refractivity contribution in [3.05, 3.63) is 47.4 Å². The van der Waals surface area contributed by atoms with Crippen LogP contribution in [-0.4, -0.2) is 33.0 Å². The van der Waals surface area contributed by atoms with Gasteiger partial charge >= 0.3 is 0 Å². The van der Waals surface area contributed by atoms with E-state index >= 15 is 0 Å². The van der Waals surface area contributed by atoms with Crippen LogP contribution in [0.3, 0.4) is 0 Å². The first-order chi connectivity index (χ1) is 14.2. The summed E-state index contributed by atoms with van der Waals surface area (Å²) in [5.41, 5.74) is 1.77. The van der Waals surface area contributed by atoms with E-state index in [2.05, 4.69) is 54.1 Å². The largest absolute Gasteiger partial charge is 0.381 e. The van der Waals surface area contributed by atoms with Gasteiger partial charge in [0.05, 0.1) is 11.2 Å². The number of fused-ring (bicyclic) bond motifs is 5. The molecule has 0 fully saturated rings. The molecule has 0 radical (unpaired) electrons. The zero-order valence-corrected chi connectivity index (χ0v) is 19.0. The molecule has 144 valence electrons. The van der Waals surface area contributed by atoms with Gasteiger partial charge in [-0.25, -0.2) is 9.97 Å². The number of carbonyl (C=O) groups excluding carboxylic acids is 1. The van der Waals surface area contributed by atoms with E-state index in [0.717, 1.165) is 37.4 Å². The first-order valence-corrected chi connectivity index (χ1v) is 13.1. The van der Waals surface area contributed by atoms with Crippen molar-refractivity contribution in [2.75, 3.05) is 11.9 Å². The van der Waals surface area contributed by atoms with Gasteiger partial charge in [0.1, 0.15) is 10.7 Å². The number of hydrogen-bond donors (Lipinski definition) is 2. The molecule has 5 rings (SSSR count). The summed E-state index contributed by atoms with van der Waals surface area (Å²) < 4.78 is 2.95. The molecule has 2 N–H and O–H groups in total. The molecule has 1 aliphatic rings. The van der Waals surface area contributed by atoms with Crippen molar-refractivity contribution in [3.63, 3.8) is 0 Å². The third-order valence-corrected chi connectivity index (χ3v) is 6.76. The van der Waals surface area contributed by atoms with Crippen LogP contribution in [-0.2, 0) is 0 Å². The highest BCUT2D eigenvalue weighted by Gasteiger charge is 2.24. The number of amides is 1. The predicted octanol–water partition coefficient (Wildman–Crippen LogP) is 4.57. The van der Waals surface area contributed by atoms with Crippen LogP contribution in [0.1, 0.15) is 22.4 Å². The lowest BCUT2D eigenvalue weighted by atomic mass is 10.1. The van der Waals surface area contributed by atoms with Crippen LogP contribution in [0, 0.1) is 11.2 Å². The van der Waals surface area contributed by atoms with Gasteiger partial charge in [-0.05, 0) is 51.3 Å². The fourth-order valence-corrected chi connectivity index (χ4v) is 5.05. The molecule has 1 aromatic carbocycles. The molecule has 9 heteroatoms. The lowest BCUT2D eigenvalue weighted by Gasteiger charge is -2.10. The number of carbonyl (C=O) groups is 1. The number of benzene rings is 1. The second-order valence-electron chi connectivity index (χ2n) is 6.66. The van der Waals surface area contributed by atoms with Crippen molar-refractivity contribution in [3.8, 4) is 17.0 Å². The van der Waals surface area contributed by atoms with Crippen molar-refractivity contribution >= 4 is 74.1 Å². The van der Waals surface area contributed by atoms with E-state index in [-0.39, 0.29) is 11.9 Å². The Morgan fingerprint density at radius 3 is 3.10 bits per heavy atom. The summed E-state index contributed by atoms with van der Waals surface area (Å²) in [6.45, 7) is 2.69. The molecule has 3 aromatic heterocycles. The van der Waals surface area contributed by atoms with E-state index in [9.17, 15) is 4.79 Å². The molecule has 1 amide bonds. The minimum Gasteiger partial charge on any atom is -0.381 e. The van der Waals surface area contributed by atoms with Crippen LogP contribution in [0.25, 0.3) is 26.8 Å². The molecular formula is C20H14IN5OS2. The zero-order chi connectivity index (χ0) is 20.0. The number of pyridine rings is 1. The number of thiophene rings is 1. The van der Waals surface area contributed by atoms with Crippen molar-refractivity contribution in [1.82, 2.24) is 19.9 Å². The van der Waals surface area contributed by atoms with Gasteiger partial charge in [0, 0.05) is 61.7 Å².